The smallest absolute Gasteiger partial charge is 0.396 e. The van der Waals surface area contributed by atoms with Crippen LogP contribution in [0.1, 0.15) is 20.3 Å². The predicted octanol–water partition coefficient (Wildman–Crippen LogP) is 5.68. The monoisotopic (exact) mass is 442 g/mol. The highest BCUT2D eigenvalue weighted by Crippen LogP contribution is 2.60. The number of aliphatic hydroxyl groups excluding tert-OH is 1. The third-order valence-electron chi connectivity index (χ3n) is 2.42. The van der Waals surface area contributed by atoms with E-state index in [0.717, 1.165) is 0 Å². The van der Waals surface area contributed by atoms with E-state index in [9.17, 15) is 57.1 Å². The molecule has 0 fully saturated rings. The quantitative estimate of drug-likeness (QED) is 0.401. The Morgan fingerprint density at radius 2 is 0.846 bits per heavy atom. The van der Waals surface area contributed by atoms with Gasteiger partial charge in [-0.05, 0) is 6.26 Å². The van der Waals surface area contributed by atoms with Gasteiger partial charge in [-0.3, -0.25) is 0 Å². The summed E-state index contributed by atoms with van der Waals surface area (Å²) >= 11 is 3.53. The first kappa shape index (κ1) is 30.1. The lowest BCUT2D eigenvalue weighted by Gasteiger charge is -2.39. The zero-order valence-electron chi connectivity index (χ0n) is 13.2. The summed E-state index contributed by atoms with van der Waals surface area (Å²) in [6, 6.07) is 0. The van der Waals surface area contributed by atoms with E-state index in [0.29, 0.717) is 0 Å². The second kappa shape index (κ2) is 9.55. The Kier molecular flexibility index (Phi) is 11.1. The Morgan fingerprint density at radius 1 is 0.577 bits per heavy atom. The molecule has 0 aromatic rings. The van der Waals surface area contributed by atoms with E-state index < -0.39 is 48.8 Å². The fraction of sp³-hybridized carbons (Fsp3) is 1.00. The van der Waals surface area contributed by atoms with Crippen LogP contribution in [0.4, 0.5) is 57.1 Å². The minimum atomic E-state index is -7.89. The molecule has 0 aliphatic rings. The molecule has 0 aliphatic heterocycles. The molecule has 162 valence electrons. The van der Waals surface area contributed by atoms with Gasteiger partial charge < -0.3 is 5.11 Å². The first-order valence-electron chi connectivity index (χ1n) is 6.32. The van der Waals surface area contributed by atoms with Gasteiger partial charge in [-0.2, -0.15) is 69.7 Å². The molecule has 0 rings (SSSR count). The van der Waals surface area contributed by atoms with Crippen LogP contribution in [0, 0.1) is 0 Å². The van der Waals surface area contributed by atoms with Crippen LogP contribution in [0.5, 0.6) is 0 Å². The number of hydrogen-bond acceptors (Lipinski definition) is 2. The maximum absolute atomic E-state index is 12.8. The van der Waals surface area contributed by atoms with Crippen LogP contribution < -0.4 is 0 Å². The molecule has 0 amide bonds. The summed E-state index contributed by atoms with van der Waals surface area (Å²) < 4.78 is 161. The standard InChI is InChI=1S/C8H5F13O.C2H6.CH4S/c9-3(10,1-2-22)4(11,12)5(13,14)6(15,16)7(17,18)8(19,20)21;2*1-2/h22H,1-2H2;1-2H3;2H,1H3. The fourth-order valence-electron chi connectivity index (χ4n) is 1.10. The summed E-state index contributed by atoms with van der Waals surface area (Å²) in [6.07, 6.45) is -8.30. The van der Waals surface area contributed by atoms with Crippen LogP contribution in [0.25, 0.3) is 0 Å². The molecule has 15 heteroatoms. The first-order chi connectivity index (χ1) is 11.3. The molecule has 0 radical (unpaired) electrons. The second-order valence-electron chi connectivity index (χ2n) is 3.97. The minimum Gasteiger partial charge on any atom is -0.396 e. The van der Waals surface area contributed by atoms with Crippen molar-refractivity contribution in [1.29, 1.82) is 0 Å². The van der Waals surface area contributed by atoms with Crippen LogP contribution in [0.3, 0.4) is 0 Å². The molecule has 0 bridgehead atoms. The van der Waals surface area contributed by atoms with Gasteiger partial charge in [0.25, 0.3) is 0 Å². The lowest BCUT2D eigenvalue weighted by Crippen LogP contribution is -2.70. The van der Waals surface area contributed by atoms with E-state index in [-0.39, 0.29) is 0 Å². The highest BCUT2D eigenvalue weighted by Gasteiger charge is 2.90. The summed E-state index contributed by atoms with van der Waals surface area (Å²) in [5.74, 6) is -36.9. The number of rotatable bonds is 6. The molecule has 0 saturated carbocycles. The van der Waals surface area contributed by atoms with Crippen LogP contribution >= 0.6 is 12.6 Å². The number of hydrogen-bond donors (Lipinski definition) is 2. The molecule has 0 aromatic carbocycles. The largest absolute Gasteiger partial charge is 0.460 e. The molecule has 0 saturated heterocycles. The number of halogens is 13. The van der Waals surface area contributed by atoms with Gasteiger partial charge in [0.2, 0.25) is 0 Å². The van der Waals surface area contributed by atoms with Crippen molar-refractivity contribution in [2.24, 2.45) is 0 Å². The summed E-state index contributed by atoms with van der Waals surface area (Å²) in [5, 5.41) is 7.95. The van der Waals surface area contributed by atoms with Crippen LogP contribution in [-0.2, 0) is 0 Å². The minimum absolute atomic E-state index is 1.69. The second-order valence-corrected chi connectivity index (χ2v) is 3.97. The van der Waals surface area contributed by atoms with E-state index in [1.165, 1.54) is 0 Å². The van der Waals surface area contributed by atoms with Crippen molar-refractivity contribution in [3.8, 4) is 0 Å². The molecular formula is C11H15F13OS. The Labute approximate surface area is 145 Å². The summed E-state index contributed by atoms with van der Waals surface area (Å²) in [5.41, 5.74) is 0. The molecule has 0 spiro atoms. The third-order valence-corrected chi connectivity index (χ3v) is 2.42. The van der Waals surface area contributed by atoms with Crippen LogP contribution in [0.15, 0.2) is 0 Å². The fourth-order valence-corrected chi connectivity index (χ4v) is 1.10. The van der Waals surface area contributed by atoms with Gasteiger partial charge in [-0.25, -0.2) is 0 Å². The summed E-state index contributed by atoms with van der Waals surface area (Å²) in [6.45, 7) is 2.04. The zero-order chi connectivity index (χ0) is 22.4. The molecule has 0 aliphatic carbocycles. The van der Waals surface area contributed by atoms with Gasteiger partial charge in [-0.15, -0.1) is 0 Å². The molecule has 26 heavy (non-hydrogen) atoms. The maximum Gasteiger partial charge on any atom is 0.460 e. The Hall–Kier alpha value is -0.600. The Balaban J connectivity index is -0.00000123. The summed E-state index contributed by atoms with van der Waals surface area (Å²) in [7, 11) is 0. The van der Waals surface area contributed by atoms with E-state index in [2.05, 4.69) is 12.6 Å². The van der Waals surface area contributed by atoms with Crippen LogP contribution in [0.2, 0.25) is 0 Å². The van der Waals surface area contributed by atoms with E-state index in [1.54, 1.807) is 6.26 Å². The van der Waals surface area contributed by atoms with Gasteiger partial charge in [0, 0.05) is 13.0 Å². The van der Waals surface area contributed by atoms with E-state index in [4.69, 9.17) is 5.11 Å². The summed E-state index contributed by atoms with van der Waals surface area (Å²) in [4.78, 5) is 0. The van der Waals surface area contributed by atoms with Gasteiger partial charge in [0.15, 0.2) is 0 Å². The van der Waals surface area contributed by atoms with Gasteiger partial charge in [-0.1, -0.05) is 13.8 Å². The average molecular weight is 442 g/mol. The highest BCUT2D eigenvalue weighted by molar-refractivity contribution is 7.79. The molecular weight excluding hydrogens is 427 g/mol. The Bertz CT molecular complexity index is 405. The number of thiol groups is 1. The Morgan fingerprint density at radius 3 is 1.08 bits per heavy atom. The molecule has 1 N–H and O–H groups in total. The molecule has 0 aromatic heterocycles. The van der Waals surface area contributed by atoms with E-state index >= 15 is 0 Å². The third kappa shape index (κ3) is 5.01. The van der Waals surface area contributed by atoms with Gasteiger partial charge in [0.05, 0.1) is 0 Å². The maximum atomic E-state index is 12.8. The van der Waals surface area contributed by atoms with Crippen molar-refractivity contribution < 1.29 is 62.2 Å². The predicted molar refractivity (Wildman–Crippen MR) is 68.8 cm³/mol. The van der Waals surface area contributed by atoms with Crippen molar-refractivity contribution >= 4 is 12.6 Å². The SMILES string of the molecule is CC.CS.OCCC(F)(F)C(F)(F)C(F)(F)C(F)(F)C(F)(F)C(F)(F)F. The highest BCUT2D eigenvalue weighted by atomic mass is 32.1. The lowest BCUT2D eigenvalue weighted by molar-refractivity contribution is -0.440. The molecule has 1 nitrogen and oxygen atoms in total. The van der Waals surface area contributed by atoms with Gasteiger partial charge in [0.1, 0.15) is 0 Å². The van der Waals surface area contributed by atoms with E-state index in [1.807, 2.05) is 13.8 Å². The molecule has 0 unspecified atom stereocenters. The van der Waals surface area contributed by atoms with Crippen molar-refractivity contribution in [3.05, 3.63) is 0 Å². The first-order valence-corrected chi connectivity index (χ1v) is 7.22. The average Bonchev–Trinajstić information content (AvgIpc) is 2.49. The van der Waals surface area contributed by atoms with Crippen molar-refractivity contribution in [1.82, 2.24) is 0 Å². The van der Waals surface area contributed by atoms with Crippen molar-refractivity contribution in [2.45, 2.75) is 56.1 Å². The van der Waals surface area contributed by atoms with Gasteiger partial charge >= 0.3 is 35.8 Å². The van der Waals surface area contributed by atoms with Crippen LogP contribution in [-0.4, -0.2) is 53.8 Å². The van der Waals surface area contributed by atoms with Crippen molar-refractivity contribution in [2.75, 3.05) is 12.9 Å². The van der Waals surface area contributed by atoms with Crippen molar-refractivity contribution in [3.63, 3.8) is 0 Å². The number of alkyl halides is 13. The lowest BCUT2D eigenvalue weighted by atomic mass is 9.93. The zero-order valence-corrected chi connectivity index (χ0v) is 14.1. The normalized spacial score (nSPS) is 14.1. The molecule has 0 heterocycles. The topological polar surface area (TPSA) is 20.2 Å². The number of aliphatic hydroxyl groups is 1. The molecule has 0 atom stereocenters.